The summed E-state index contributed by atoms with van der Waals surface area (Å²) in [7, 11) is 0. The molecule has 0 spiro atoms. The van der Waals surface area contributed by atoms with Crippen LogP contribution in [-0.4, -0.2) is 54.6 Å². The van der Waals surface area contributed by atoms with E-state index in [2.05, 4.69) is 59.3 Å². The Kier molecular flexibility index (Phi) is 4.39. The van der Waals surface area contributed by atoms with Crippen LogP contribution in [0, 0.1) is 5.92 Å². The summed E-state index contributed by atoms with van der Waals surface area (Å²) in [5.41, 5.74) is 1.44. The number of piperazine rings is 2. The number of benzene rings is 1. The molecule has 1 aromatic carbocycles. The highest BCUT2D eigenvalue weighted by atomic mass is 15.3. The Morgan fingerprint density at radius 1 is 1.20 bits per heavy atom. The minimum atomic E-state index is 0.689. The minimum absolute atomic E-state index is 0.689. The molecule has 2 atom stereocenters. The first-order valence-electron chi connectivity index (χ1n) is 7.97. The lowest BCUT2D eigenvalue weighted by molar-refractivity contribution is -0.0122. The summed E-state index contributed by atoms with van der Waals surface area (Å²) in [4.78, 5) is 5.40. The maximum Gasteiger partial charge on any atom is 0.0352 e. The standard InChI is InChI=1S/C17H27N3/c1-14(2)17-13-19(11-15-6-4-3-5-7-15)12-16-10-18-8-9-20(16)17/h3-7,14,16-18H,8-13H2,1-2H3. The molecule has 20 heavy (non-hydrogen) atoms. The van der Waals surface area contributed by atoms with Gasteiger partial charge in [0.1, 0.15) is 0 Å². The zero-order valence-corrected chi connectivity index (χ0v) is 12.8. The molecule has 0 bridgehead atoms. The topological polar surface area (TPSA) is 18.5 Å². The van der Waals surface area contributed by atoms with E-state index in [0.29, 0.717) is 12.1 Å². The summed E-state index contributed by atoms with van der Waals surface area (Å²) in [6.07, 6.45) is 0. The van der Waals surface area contributed by atoms with Crippen molar-refractivity contribution < 1.29 is 0 Å². The number of nitrogens with one attached hydrogen (secondary N) is 1. The summed E-state index contributed by atoms with van der Waals surface area (Å²) in [6, 6.07) is 12.3. The van der Waals surface area contributed by atoms with E-state index in [0.717, 1.165) is 25.6 Å². The van der Waals surface area contributed by atoms with Crippen molar-refractivity contribution in [2.75, 3.05) is 32.7 Å². The van der Waals surface area contributed by atoms with Crippen LogP contribution in [0.15, 0.2) is 30.3 Å². The molecule has 0 saturated carbocycles. The van der Waals surface area contributed by atoms with Gasteiger partial charge in [-0.1, -0.05) is 44.2 Å². The van der Waals surface area contributed by atoms with Gasteiger partial charge in [-0.2, -0.15) is 0 Å². The van der Waals surface area contributed by atoms with E-state index in [1.165, 1.54) is 25.2 Å². The van der Waals surface area contributed by atoms with E-state index in [-0.39, 0.29) is 0 Å². The van der Waals surface area contributed by atoms with Crippen LogP contribution >= 0.6 is 0 Å². The lowest BCUT2D eigenvalue weighted by atomic mass is 9.94. The van der Waals surface area contributed by atoms with Gasteiger partial charge < -0.3 is 5.32 Å². The van der Waals surface area contributed by atoms with E-state index in [4.69, 9.17) is 0 Å². The fourth-order valence-corrected chi connectivity index (χ4v) is 3.69. The third kappa shape index (κ3) is 3.05. The van der Waals surface area contributed by atoms with Crippen molar-refractivity contribution in [2.45, 2.75) is 32.5 Å². The Labute approximate surface area is 123 Å². The number of nitrogens with zero attached hydrogens (tertiary/aromatic N) is 2. The molecule has 2 unspecified atom stereocenters. The molecule has 2 aliphatic heterocycles. The molecule has 1 N–H and O–H groups in total. The van der Waals surface area contributed by atoms with Gasteiger partial charge in [-0.25, -0.2) is 0 Å². The first kappa shape index (κ1) is 14.1. The molecular formula is C17H27N3. The highest BCUT2D eigenvalue weighted by Crippen LogP contribution is 2.23. The Morgan fingerprint density at radius 2 is 2.00 bits per heavy atom. The molecule has 2 aliphatic rings. The van der Waals surface area contributed by atoms with Crippen LogP contribution in [0.2, 0.25) is 0 Å². The minimum Gasteiger partial charge on any atom is -0.314 e. The highest BCUT2D eigenvalue weighted by molar-refractivity contribution is 5.14. The van der Waals surface area contributed by atoms with Crippen LogP contribution in [-0.2, 0) is 6.54 Å². The number of hydrogen-bond acceptors (Lipinski definition) is 3. The first-order chi connectivity index (χ1) is 9.74. The second kappa shape index (κ2) is 6.25. The van der Waals surface area contributed by atoms with Crippen molar-refractivity contribution in [3.63, 3.8) is 0 Å². The molecule has 1 aromatic rings. The van der Waals surface area contributed by atoms with Gasteiger partial charge in [-0.3, -0.25) is 9.80 Å². The van der Waals surface area contributed by atoms with Gasteiger partial charge in [0.2, 0.25) is 0 Å². The van der Waals surface area contributed by atoms with Crippen molar-refractivity contribution in [1.29, 1.82) is 0 Å². The molecular weight excluding hydrogens is 246 g/mol. The van der Waals surface area contributed by atoms with Gasteiger partial charge in [0.05, 0.1) is 0 Å². The molecule has 0 amide bonds. The highest BCUT2D eigenvalue weighted by Gasteiger charge is 2.36. The number of fused-ring (bicyclic) bond motifs is 1. The van der Waals surface area contributed by atoms with Gasteiger partial charge in [0.25, 0.3) is 0 Å². The average molecular weight is 273 g/mol. The maximum atomic E-state index is 3.56. The molecule has 3 heteroatoms. The van der Waals surface area contributed by atoms with Gasteiger partial charge in [0, 0.05) is 51.4 Å². The molecule has 0 aromatic heterocycles. The van der Waals surface area contributed by atoms with Crippen LogP contribution in [0.5, 0.6) is 0 Å². The molecule has 2 heterocycles. The van der Waals surface area contributed by atoms with Gasteiger partial charge >= 0.3 is 0 Å². The fraction of sp³-hybridized carbons (Fsp3) is 0.647. The van der Waals surface area contributed by atoms with Crippen LogP contribution in [0.1, 0.15) is 19.4 Å². The molecule has 2 saturated heterocycles. The van der Waals surface area contributed by atoms with Crippen molar-refractivity contribution in [1.82, 2.24) is 15.1 Å². The largest absolute Gasteiger partial charge is 0.314 e. The van der Waals surface area contributed by atoms with Crippen molar-refractivity contribution >= 4 is 0 Å². The van der Waals surface area contributed by atoms with Crippen LogP contribution < -0.4 is 5.32 Å². The van der Waals surface area contributed by atoms with E-state index >= 15 is 0 Å². The quantitative estimate of drug-likeness (QED) is 0.906. The predicted molar refractivity (Wildman–Crippen MR) is 83.7 cm³/mol. The van der Waals surface area contributed by atoms with E-state index < -0.39 is 0 Å². The third-order valence-corrected chi connectivity index (χ3v) is 4.75. The summed E-state index contributed by atoms with van der Waals surface area (Å²) in [5.74, 6) is 0.731. The smallest absolute Gasteiger partial charge is 0.0352 e. The lowest BCUT2D eigenvalue weighted by Crippen LogP contribution is -2.66. The van der Waals surface area contributed by atoms with Crippen LogP contribution in [0.25, 0.3) is 0 Å². The molecule has 3 rings (SSSR count). The maximum absolute atomic E-state index is 3.56. The zero-order chi connectivity index (χ0) is 13.9. The summed E-state index contributed by atoms with van der Waals surface area (Å²) in [5, 5.41) is 3.56. The van der Waals surface area contributed by atoms with E-state index in [1.807, 2.05) is 0 Å². The zero-order valence-electron chi connectivity index (χ0n) is 12.8. The van der Waals surface area contributed by atoms with Gasteiger partial charge in [-0.05, 0) is 11.5 Å². The summed E-state index contributed by atoms with van der Waals surface area (Å²) in [6.45, 7) is 11.8. The second-order valence-corrected chi connectivity index (χ2v) is 6.59. The Balaban J connectivity index is 1.70. The third-order valence-electron chi connectivity index (χ3n) is 4.75. The number of hydrogen-bond donors (Lipinski definition) is 1. The van der Waals surface area contributed by atoms with Crippen molar-refractivity contribution in [3.8, 4) is 0 Å². The SMILES string of the molecule is CC(C)C1CN(Cc2ccccc2)CC2CNCCN21. The number of rotatable bonds is 3. The van der Waals surface area contributed by atoms with E-state index in [1.54, 1.807) is 0 Å². The molecule has 0 radical (unpaired) electrons. The van der Waals surface area contributed by atoms with Crippen LogP contribution in [0.4, 0.5) is 0 Å². The van der Waals surface area contributed by atoms with Crippen molar-refractivity contribution in [2.24, 2.45) is 5.92 Å². The molecule has 110 valence electrons. The lowest BCUT2D eigenvalue weighted by Gasteiger charge is -2.50. The van der Waals surface area contributed by atoms with Crippen molar-refractivity contribution in [3.05, 3.63) is 35.9 Å². The molecule has 0 aliphatic carbocycles. The average Bonchev–Trinajstić information content (AvgIpc) is 2.47. The van der Waals surface area contributed by atoms with E-state index in [9.17, 15) is 0 Å². The normalized spacial score (nSPS) is 28.6. The second-order valence-electron chi connectivity index (χ2n) is 6.59. The first-order valence-corrected chi connectivity index (χ1v) is 7.97. The fourth-order valence-electron chi connectivity index (χ4n) is 3.69. The van der Waals surface area contributed by atoms with Gasteiger partial charge in [-0.15, -0.1) is 0 Å². The Morgan fingerprint density at radius 3 is 2.75 bits per heavy atom. The Bertz CT molecular complexity index is 418. The monoisotopic (exact) mass is 273 g/mol. The summed E-state index contributed by atoms with van der Waals surface area (Å²) < 4.78 is 0. The van der Waals surface area contributed by atoms with Crippen LogP contribution in [0.3, 0.4) is 0 Å². The Hall–Kier alpha value is -0.900. The summed E-state index contributed by atoms with van der Waals surface area (Å²) >= 11 is 0. The van der Waals surface area contributed by atoms with Gasteiger partial charge in [0.15, 0.2) is 0 Å². The molecule has 2 fully saturated rings. The molecule has 3 nitrogen and oxygen atoms in total. The predicted octanol–water partition coefficient (Wildman–Crippen LogP) is 1.80.